The van der Waals surface area contributed by atoms with Crippen molar-refractivity contribution in [3.8, 4) is 5.75 Å². The van der Waals surface area contributed by atoms with Gasteiger partial charge in [0.1, 0.15) is 5.75 Å². The Hall–Kier alpha value is -2.83. The van der Waals surface area contributed by atoms with Crippen LogP contribution in [0.5, 0.6) is 5.75 Å². The van der Waals surface area contributed by atoms with Crippen LogP contribution in [-0.4, -0.2) is 33.9 Å². The summed E-state index contributed by atoms with van der Waals surface area (Å²) in [4.78, 5) is 23.5. The van der Waals surface area contributed by atoms with Gasteiger partial charge in [-0.05, 0) is 44.0 Å². The second-order valence-corrected chi connectivity index (χ2v) is 5.54. The van der Waals surface area contributed by atoms with E-state index in [-0.39, 0.29) is 23.6 Å². The maximum atomic E-state index is 12.2. The molecule has 0 bridgehead atoms. The zero-order chi connectivity index (χ0) is 17.9. The highest BCUT2D eigenvalue weighted by Crippen LogP contribution is 2.22. The van der Waals surface area contributed by atoms with Gasteiger partial charge < -0.3 is 15.2 Å². The zero-order valence-corrected chi connectivity index (χ0v) is 14.2. The minimum absolute atomic E-state index is 0.00330. The van der Waals surface area contributed by atoms with Crippen molar-refractivity contribution in [2.24, 2.45) is 7.05 Å². The van der Waals surface area contributed by atoms with Gasteiger partial charge >= 0.3 is 5.97 Å². The number of aromatic carboxylic acids is 1. The molecule has 0 aliphatic rings. The Bertz CT molecular complexity index is 780. The van der Waals surface area contributed by atoms with Crippen LogP contribution >= 0.6 is 0 Å². The molecule has 1 amide bonds. The topological polar surface area (TPSA) is 93.5 Å². The van der Waals surface area contributed by atoms with Gasteiger partial charge in [-0.15, -0.1) is 0 Å². The number of carbonyl (C=O) groups excluding carboxylic acids is 1. The van der Waals surface area contributed by atoms with Crippen molar-refractivity contribution in [2.45, 2.75) is 26.7 Å². The molecular weight excluding hydrogens is 310 g/mol. The molecule has 128 valence electrons. The lowest BCUT2D eigenvalue weighted by Crippen LogP contribution is -2.15. The number of aromatic nitrogens is 2. The minimum Gasteiger partial charge on any atom is -0.497 e. The SMILES string of the molecule is COc1ccc(NC(=O)CCc2c(C)nn(C)c2C)c(C(=O)O)c1. The third kappa shape index (κ3) is 3.73. The number of hydrogen-bond donors (Lipinski definition) is 2. The highest BCUT2D eigenvalue weighted by Gasteiger charge is 2.15. The molecular formula is C17H21N3O4. The third-order valence-electron chi connectivity index (χ3n) is 3.99. The summed E-state index contributed by atoms with van der Waals surface area (Å²) in [7, 11) is 3.32. The number of methoxy groups -OCH3 is 1. The predicted molar refractivity (Wildman–Crippen MR) is 89.6 cm³/mol. The van der Waals surface area contributed by atoms with Crippen LogP contribution in [0.4, 0.5) is 5.69 Å². The molecule has 0 radical (unpaired) electrons. The first kappa shape index (κ1) is 17.5. The van der Waals surface area contributed by atoms with Gasteiger partial charge in [0.05, 0.1) is 24.1 Å². The standard InChI is InChI=1S/C17H21N3O4/c1-10-13(11(2)20(3)19-10)6-8-16(21)18-15-7-5-12(24-4)9-14(15)17(22)23/h5,7,9H,6,8H2,1-4H3,(H,18,21)(H,22,23). The van der Waals surface area contributed by atoms with Crippen molar-refractivity contribution in [2.75, 3.05) is 12.4 Å². The summed E-state index contributed by atoms with van der Waals surface area (Å²) >= 11 is 0. The fourth-order valence-corrected chi connectivity index (χ4v) is 2.57. The van der Waals surface area contributed by atoms with Gasteiger partial charge in [-0.1, -0.05) is 0 Å². The molecule has 24 heavy (non-hydrogen) atoms. The van der Waals surface area contributed by atoms with E-state index in [1.165, 1.54) is 19.2 Å². The maximum absolute atomic E-state index is 12.2. The quantitative estimate of drug-likeness (QED) is 0.847. The van der Waals surface area contributed by atoms with Gasteiger partial charge in [0, 0.05) is 19.2 Å². The summed E-state index contributed by atoms with van der Waals surface area (Å²) in [5.74, 6) is -0.944. The van der Waals surface area contributed by atoms with E-state index >= 15 is 0 Å². The Morgan fingerprint density at radius 1 is 1.33 bits per heavy atom. The second-order valence-electron chi connectivity index (χ2n) is 5.54. The minimum atomic E-state index is -1.12. The third-order valence-corrected chi connectivity index (χ3v) is 3.99. The number of anilines is 1. The molecule has 0 atom stereocenters. The van der Waals surface area contributed by atoms with Crippen LogP contribution in [0.2, 0.25) is 0 Å². The van der Waals surface area contributed by atoms with Crippen LogP contribution in [-0.2, 0) is 18.3 Å². The fourth-order valence-electron chi connectivity index (χ4n) is 2.57. The van der Waals surface area contributed by atoms with Gasteiger partial charge in [-0.2, -0.15) is 5.10 Å². The number of ether oxygens (including phenoxy) is 1. The maximum Gasteiger partial charge on any atom is 0.337 e. The van der Waals surface area contributed by atoms with Gasteiger partial charge in [-0.3, -0.25) is 9.48 Å². The van der Waals surface area contributed by atoms with E-state index in [9.17, 15) is 14.7 Å². The molecule has 0 aliphatic carbocycles. The monoisotopic (exact) mass is 331 g/mol. The van der Waals surface area contributed by atoms with E-state index in [4.69, 9.17) is 4.74 Å². The summed E-state index contributed by atoms with van der Waals surface area (Å²) in [6.07, 6.45) is 0.800. The molecule has 1 aromatic heterocycles. The fraction of sp³-hybridized carbons (Fsp3) is 0.353. The van der Waals surface area contributed by atoms with Gasteiger partial charge in [0.2, 0.25) is 5.91 Å². The number of carboxylic acids is 1. The van der Waals surface area contributed by atoms with Crippen LogP contribution < -0.4 is 10.1 Å². The molecule has 7 heteroatoms. The molecule has 0 spiro atoms. The molecule has 0 fully saturated rings. The normalized spacial score (nSPS) is 10.5. The average Bonchev–Trinajstić information content (AvgIpc) is 2.78. The van der Waals surface area contributed by atoms with E-state index in [0.29, 0.717) is 12.2 Å². The van der Waals surface area contributed by atoms with Gasteiger partial charge in [0.15, 0.2) is 0 Å². The highest BCUT2D eigenvalue weighted by molar-refractivity contribution is 6.00. The summed E-state index contributed by atoms with van der Waals surface area (Å²) in [5.41, 5.74) is 3.22. The number of nitrogens with one attached hydrogen (secondary N) is 1. The molecule has 1 heterocycles. The van der Waals surface area contributed by atoms with E-state index in [0.717, 1.165) is 17.0 Å². The molecule has 0 saturated heterocycles. The number of benzene rings is 1. The number of carbonyl (C=O) groups is 2. The van der Waals surface area contributed by atoms with Crippen molar-refractivity contribution >= 4 is 17.6 Å². The van der Waals surface area contributed by atoms with Crippen LogP contribution in [0.3, 0.4) is 0 Å². The second kappa shape index (κ2) is 7.16. The number of nitrogens with zero attached hydrogens (tertiary/aromatic N) is 2. The van der Waals surface area contributed by atoms with Crippen LogP contribution in [0.15, 0.2) is 18.2 Å². The Balaban J connectivity index is 2.08. The number of rotatable bonds is 6. The summed E-state index contributed by atoms with van der Waals surface area (Å²) in [6.45, 7) is 3.87. The first-order valence-electron chi connectivity index (χ1n) is 7.53. The van der Waals surface area contributed by atoms with Crippen molar-refractivity contribution in [3.63, 3.8) is 0 Å². The van der Waals surface area contributed by atoms with Crippen LogP contribution in [0.1, 0.15) is 33.7 Å². The zero-order valence-electron chi connectivity index (χ0n) is 14.2. The number of amides is 1. The van der Waals surface area contributed by atoms with Gasteiger partial charge in [-0.25, -0.2) is 4.79 Å². The van der Waals surface area contributed by atoms with Crippen molar-refractivity contribution in [3.05, 3.63) is 40.7 Å². The molecule has 2 aromatic rings. The van der Waals surface area contributed by atoms with Crippen molar-refractivity contribution < 1.29 is 19.4 Å². The number of hydrogen-bond acceptors (Lipinski definition) is 4. The van der Waals surface area contributed by atoms with E-state index < -0.39 is 5.97 Å². The van der Waals surface area contributed by atoms with Crippen LogP contribution in [0.25, 0.3) is 0 Å². The molecule has 1 aromatic carbocycles. The lowest BCUT2D eigenvalue weighted by Gasteiger charge is -2.10. The lowest BCUT2D eigenvalue weighted by atomic mass is 10.1. The molecule has 2 N–H and O–H groups in total. The van der Waals surface area contributed by atoms with Crippen LogP contribution in [0, 0.1) is 13.8 Å². The molecule has 7 nitrogen and oxygen atoms in total. The first-order valence-corrected chi connectivity index (χ1v) is 7.53. The Morgan fingerprint density at radius 2 is 2.04 bits per heavy atom. The van der Waals surface area contributed by atoms with Crippen molar-refractivity contribution in [1.82, 2.24) is 9.78 Å². The Labute approximate surface area is 140 Å². The van der Waals surface area contributed by atoms with Gasteiger partial charge in [0.25, 0.3) is 0 Å². The Morgan fingerprint density at radius 3 is 2.58 bits per heavy atom. The first-order chi connectivity index (χ1) is 11.3. The summed E-state index contributed by atoms with van der Waals surface area (Å²) in [5, 5.41) is 16.2. The van der Waals surface area contributed by atoms with Crippen molar-refractivity contribution in [1.29, 1.82) is 0 Å². The average molecular weight is 331 g/mol. The summed E-state index contributed by atoms with van der Waals surface area (Å²) in [6, 6.07) is 4.52. The highest BCUT2D eigenvalue weighted by atomic mass is 16.5. The molecule has 0 saturated carbocycles. The Kier molecular flexibility index (Phi) is 5.23. The summed E-state index contributed by atoms with van der Waals surface area (Å²) < 4.78 is 6.80. The lowest BCUT2D eigenvalue weighted by molar-refractivity contribution is -0.116. The predicted octanol–water partition coefficient (Wildman–Crippen LogP) is 2.32. The van der Waals surface area contributed by atoms with E-state index in [1.807, 2.05) is 20.9 Å². The molecule has 0 unspecified atom stereocenters. The number of carboxylic acid groups (broad SMARTS) is 1. The number of aryl methyl sites for hydroxylation is 2. The smallest absolute Gasteiger partial charge is 0.337 e. The largest absolute Gasteiger partial charge is 0.497 e. The molecule has 0 aliphatic heterocycles. The molecule has 2 rings (SSSR count). The van der Waals surface area contributed by atoms with E-state index in [2.05, 4.69) is 10.4 Å². The van der Waals surface area contributed by atoms with E-state index in [1.54, 1.807) is 10.7 Å².